The van der Waals surface area contributed by atoms with Crippen LogP contribution in [0.25, 0.3) is 0 Å². The van der Waals surface area contributed by atoms with Crippen LogP contribution in [0.4, 0.5) is 0 Å². The van der Waals surface area contributed by atoms with Crippen LogP contribution in [0.15, 0.2) is 15.9 Å². The molecule has 1 aromatic rings. The molecule has 1 aliphatic rings. The molecule has 1 unspecified atom stereocenters. The van der Waals surface area contributed by atoms with Crippen LogP contribution in [0, 0.1) is 0 Å². The highest BCUT2D eigenvalue weighted by Crippen LogP contribution is 2.29. The third-order valence-corrected chi connectivity index (χ3v) is 4.63. The second kappa shape index (κ2) is 6.73. The average molecular weight is 340 g/mol. The Balaban J connectivity index is 0.00000144. The lowest BCUT2D eigenvalue weighted by Crippen LogP contribution is -2.47. The fourth-order valence-corrected chi connectivity index (χ4v) is 3.31. The van der Waals surface area contributed by atoms with Crippen molar-refractivity contribution in [3.05, 3.63) is 20.8 Å². The Kier molecular flexibility index (Phi) is 5.92. The number of thiophene rings is 1. The van der Waals surface area contributed by atoms with Gasteiger partial charge in [-0.1, -0.05) is 0 Å². The van der Waals surface area contributed by atoms with E-state index >= 15 is 0 Å². The summed E-state index contributed by atoms with van der Waals surface area (Å²) in [5.74, 6) is 0.227. The summed E-state index contributed by atoms with van der Waals surface area (Å²) in [7, 11) is 0. The van der Waals surface area contributed by atoms with Gasteiger partial charge in [0.25, 0.3) is 0 Å². The summed E-state index contributed by atoms with van der Waals surface area (Å²) in [5, 5.41) is 3.25. The second-order valence-electron chi connectivity index (χ2n) is 3.94. The second-order valence-corrected chi connectivity index (χ2v) is 6.43. The molecule has 2 heterocycles. The molecule has 0 bridgehead atoms. The highest BCUT2D eigenvalue weighted by Gasteiger charge is 2.23. The number of hydrogen-bond donors (Lipinski definition) is 1. The largest absolute Gasteiger partial charge is 0.340 e. The average Bonchev–Trinajstić information content (AvgIpc) is 2.75. The molecule has 1 atom stereocenters. The minimum Gasteiger partial charge on any atom is -0.340 e. The van der Waals surface area contributed by atoms with Gasteiger partial charge in [0.15, 0.2) is 0 Å². The number of piperazine rings is 1. The van der Waals surface area contributed by atoms with E-state index in [1.54, 1.807) is 11.3 Å². The number of hydrogen-bond acceptors (Lipinski definition) is 3. The normalized spacial score (nSPS) is 17.4. The van der Waals surface area contributed by atoms with Crippen LogP contribution in [-0.4, -0.2) is 37.0 Å². The molecule has 96 valence electrons. The predicted octanol–water partition coefficient (Wildman–Crippen LogP) is 2.47. The predicted molar refractivity (Wildman–Crippen MR) is 77.1 cm³/mol. The van der Waals surface area contributed by atoms with Crippen molar-refractivity contribution in [2.75, 3.05) is 26.2 Å². The maximum absolute atomic E-state index is 12.2. The van der Waals surface area contributed by atoms with Crippen LogP contribution in [-0.2, 0) is 4.79 Å². The summed E-state index contributed by atoms with van der Waals surface area (Å²) in [4.78, 5) is 15.3. The zero-order chi connectivity index (χ0) is 11.5. The molecule has 1 N–H and O–H groups in total. The summed E-state index contributed by atoms with van der Waals surface area (Å²) in [6.45, 7) is 5.47. The van der Waals surface area contributed by atoms with Crippen molar-refractivity contribution in [2.45, 2.75) is 12.8 Å². The molecule has 6 heteroatoms. The van der Waals surface area contributed by atoms with Crippen LogP contribution < -0.4 is 5.32 Å². The summed E-state index contributed by atoms with van der Waals surface area (Å²) in [5.41, 5.74) is 0. The minimum atomic E-state index is -0.0191. The molecule has 0 saturated carbocycles. The standard InChI is InChI=1S/C11H15BrN2OS.ClH/c1-8(9-2-3-10(12)16-9)11(15)14-6-4-13-5-7-14;/h2-3,8,13H,4-7H2,1H3;1H. The highest BCUT2D eigenvalue weighted by molar-refractivity contribution is 9.11. The van der Waals surface area contributed by atoms with Gasteiger partial charge in [-0.15, -0.1) is 23.7 Å². The van der Waals surface area contributed by atoms with Gasteiger partial charge >= 0.3 is 0 Å². The van der Waals surface area contributed by atoms with Crippen LogP contribution in [0.3, 0.4) is 0 Å². The number of halogens is 2. The zero-order valence-electron chi connectivity index (χ0n) is 9.61. The quantitative estimate of drug-likeness (QED) is 0.898. The van der Waals surface area contributed by atoms with Gasteiger partial charge in [-0.05, 0) is 35.0 Å². The molecule has 1 aromatic heterocycles. The first-order valence-corrected chi connectivity index (χ1v) is 7.04. The van der Waals surface area contributed by atoms with E-state index < -0.39 is 0 Å². The summed E-state index contributed by atoms with van der Waals surface area (Å²) in [6, 6.07) is 4.03. The van der Waals surface area contributed by atoms with Gasteiger partial charge in [-0.3, -0.25) is 4.79 Å². The third kappa shape index (κ3) is 3.68. The van der Waals surface area contributed by atoms with Crippen molar-refractivity contribution in [3.8, 4) is 0 Å². The molecule has 0 spiro atoms. The zero-order valence-corrected chi connectivity index (χ0v) is 12.8. The lowest BCUT2D eigenvalue weighted by atomic mass is 10.1. The number of amides is 1. The van der Waals surface area contributed by atoms with Gasteiger partial charge in [-0.25, -0.2) is 0 Å². The fourth-order valence-electron chi connectivity index (χ4n) is 1.84. The number of nitrogens with one attached hydrogen (secondary N) is 1. The first kappa shape index (κ1) is 15.0. The van der Waals surface area contributed by atoms with Crippen molar-refractivity contribution in [2.24, 2.45) is 0 Å². The topological polar surface area (TPSA) is 32.3 Å². The molecule has 1 saturated heterocycles. The molecule has 1 aliphatic heterocycles. The Labute approximate surface area is 120 Å². The number of nitrogens with zero attached hydrogens (tertiary/aromatic N) is 1. The van der Waals surface area contributed by atoms with Crippen molar-refractivity contribution in [1.82, 2.24) is 10.2 Å². The van der Waals surface area contributed by atoms with Crippen molar-refractivity contribution in [1.29, 1.82) is 0 Å². The van der Waals surface area contributed by atoms with Crippen LogP contribution in [0.5, 0.6) is 0 Å². The Bertz CT molecular complexity index is 379. The van der Waals surface area contributed by atoms with E-state index in [2.05, 4.69) is 21.2 Å². The smallest absolute Gasteiger partial charge is 0.230 e. The van der Waals surface area contributed by atoms with Crippen LogP contribution in [0.1, 0.15) is 17.7 Å². The molecular formula is C11H16BrClN2OS. The van der Waals surface area contributed by atoms with Crippen molar-refractivity contribution in [3.63, 3.8) is 0 Å². The molecular weight excluding hydrogens is 324 g/mol. The SMILES string of the molecule is CC(C(=O)N1CCNCC1)c1ccc(Br)s1.Cl. The van der Waals surface area contributed by atoms with Gasteiger partial charge in [0.2, 0.25) is 5.91 Å². The molecule has 2 rings (SSSR count). The van der Waals surface area contributed by atoms with E-state index in [4.69, 9.17) is 0 Å². The van der Waals surface area contributed by atoms with Gasteiger partial charge in [0.1, 0.15) is 0 Å². The monoisotopic (exact) mass is 338 g/mol. The van der Waals surface area contributed by atoms with Gasteiger partial charge in [0.05, 0.1) is 9.70 Å². The molecule has 0 aliphatic carbocycles. The molecule has 0 radical (unpaired) electrons. The highest BCUT2D eigenvalue weighted by atomic mass is 79.9. The molecule has 1 amide bonds. The first-order valence-electron chi connectivity index (χ1n) is 5.43. The molecule has 1 fully saturated rings. The van der Waals surface area contributed by atoms with Gasteiger partial charge < -0.3 is 10.2 Å². The maximum Gasteiger partial charge on any atom is 0.230 e. The van der Waals surface area contributed by atoms with Gasteiger partial charge in [-0.2, -0.15) is 0 Å². The fraction of sp³-hybridized carbons (Fsp3) is 0.545. The van der Waals surface area contributed by atoms with E-state index in [0.717, 1.165) is 34.8 Å². The lowest BCUT2D eigenvalue weighted by molar-refractivity contribution is -0.132. The number of carbonyl (C=O) groups excluding carboxylic acids is 1. The van der Waals surface area contributed by atoms with E-state index in [1.165, 1.54) is 0 Å². The molecule has 0 aromatic carbocycles. The Morgan fingerprint density at radius 2 is 2.12 bits per heavy atom. The van der Waals surface area contributed by atoms with Crippen LogP contribution >= 0.6 is 39.7 Å². The molecule has 3 nitrogen and oxygen atoms in total. The lowest BCUT2D eigenvalue weighted by Gasteiger charge is -2.29. The van der Waals surface area contributed by atoms with E-state index in [0.29, 0.717) is 0 Å². The third-order valence-electron chi connectivity index (χ3n) is 2.82. The van der Waals surface area contributed by atoms with E-state index in [-0.39, 0.29) is 24.2 Å². The Hall–Kier alpha value is -0.100. The number of carbonyl (C=O) groups is 1. The maximum atomic E-state index is 12.2. The summed E-state index contributed by atoms with van der Waals surface area (Å²) >= 11 is 5.07. The van der Waals surface area contributed by atoms with Gasteiger partial charge in [0, 0.05) is 31.1 Å². The Morgan fingerprint density at radius 3 is 2.65 bits per heavy atom. The van der Waals surface area contributed by atoms with Crippen molar-refractivity contribution >= 4 is 45.6 Å². The summed E-state index contributed by atoms with van der Waals surface area (Å²) in [6.07, 6.45) is 0. The minimum absolute atomic E-state index is 0. The molecule has 17 heavy (non-hydrogen) atoms. The number of rotatable bonds is 2. The Morgan fingerprint density at radius 1 is 1.47 bits per heavy atom. The first-order chi connectivity index (χ1) is 7.68. The van der Waals surface area contributed by atoms with Crippen LogP contribution in [0.2, 0.25) is 0 Å². The summed E-state index contributed by atoms with van der Waals surface area (Å²) < 4.78 is 1.09. The van der Waals surface area contributed by atoms with E-state index in [1.807, 2.05) is 24.0 Å². The van der Waals surface area contributed by atoms with E-state index in [9.17, 15) is 4.79 Å². The van der Waals surface area contributed by atoms with Crippen molar-refractivity contribution < 1.29 is 4.79 Å².